The number of nitrogens with zero attached hydrogens (tertiary/aromatic N) is 5. The van der Waals surface area contributed by atoms with Crippen molar-refractivity contribution < 1.29 is 37.4 Å². The second-order valence-corrected chi connectivity index (χ2v) is 16.8. The van der Waals surface area contributed by atoms with Crippen LogP contribution in [-0.2, 0) is 27.7 Å². The van der Waals surface area contributed by atoms with E-state index >= 15 is 8.78 Å². The first kappa shape index (κ1) is 38.7. The van der Waals surface area contributed by atoms with Crippen molar-refractivity contribution in [3.63, 3.8) is 0 Å². The highest BCUT2D eigenvalue weighted by atomic mass is 19.2. The second-order valence-electron chi connectivity index (χ2n) is 16.8. The van der Waals surface area contributed by atoms with Crippen LogP contribution in [0.4, 0.5) is 29.7 Å². The zero-order valence-electron chi connectivity index (χ0n) is 33.1. The number of ether oxygens (including phenoxy) is 3. The summed E-state index contributed by atoms with van der Waals surface area (Å²) in [6, 6.07) is 2.45. The first-order valence-electron chi connectivity index (χ1n) is 18.6. The summed E-state index contributed by atoms with van der Waals surface area (Å²) in [4.78, 5) is 65.1. The van der Waals surface area contributed by atoms with Crippen LogP contribution in [0.1, 0.15) is 82.9 Å². The van der Waals surface area contributed by atoms with Crippen LogP contribution in [-0.4, -0.2) is 76.7 Å². The molecule has 4 aromatic rings. The van der Waals surface area contributed by atoms with E-state index in [0.29, 0.717) is 65.2 Å². The number of amides is 2. The summed E-state index contributed by atoms with van der Waals surface area (Å²) in [6.07, 6.45) is 4.82. The van der Waals surface area contributed by atoms with E-state index in [-0.39, 0.29) is 46.7 Å². The molecule has 3 aliphatic rings. The zero-order valence-corrected chi connectivity index (χ0v) is 33.1. The highest BCUT2D eigenvalue weighted by Gasteiger charge is 2.59. The van der Waals surface area contributed by atoms with E-state index in [1.807, 2.05) is 0 Å². The molecule has 1 saturated heterocycles. The van der Waals surface area contributed by atoms with Crippen molar-refractivity contribution in [3.05, 3.63) is 69.4 Å². The third kappa shape index (κ3) is 6.92. The summed E-state index contributed by atoms with van der Waals surface area (Å²) in [5.41, 5.74) is 0.600. The number of benzene rings is 1. The third-order valence-corrected chi connectivity index (χ3v) is 10.5. The molecule has 0 bridgehead atoms. The molecule has 2 amide bonds. The smallest absolute Gasteiger partial charge is 0.414 e. The van der Waals surface area contributed by atoms with Gasteiger partial charge in [0.2, 0.25) is 5.43 Å². The summed E-state index contributed by atoms with van der Waals surface area (Å²) in [7, 11) is 3.12. The number of carbonyl (C=O) groups is 3. The van der Waals surface area contributed by atoms with Gasteiger partial charge in [0, 0.05) is 92.0 Å². The van der Waals surface area contributed by atoms with E-state index < -0.39 is 46.4 Å². The van der Waals surface area contributed by atoms with Crippen LogP contribution in [0.2, 0.25) is 0 Å². The van der Waals surface area contributed by atoms with E-state index in [1.54, 1.807) is 78.5 Å². The molecule has 1 aliphatic heterocycles. The number of halogens is 2. The lowest BCUT2D eigenvalue weighted by Gasteiger charge is -2.27. The van der Waals surface area contributed by atoms with Gasteiger partial charge >= 0.3 is 18.2 Å². The van der Waals surface area contributed by atoms with Gasteiger partial charge in [0.25, 0.3) is 0 Å². The molecule has 15 heteroatoms. The van der Waals surface area contributed by atoms with Crippen LogP contribution >= 0.6 is 0 Å². The molecule has 0 radical (unpaired) electrons. The number of alkyl carbamates (subject to hydrolysis) is 1. The van der Waals surface area contributed by atoms with Crippen LogP contribution in [0.25, 0.3) is 33.3 Å². The maximum Gasteiger partial charge on any atom is 0.414 e. The number of fused-ring (bicyclic) bond motifs is 4. The van der Waals surface area contributed by atoms with E-state index in [1.165, 1.54) is 18.1 Å². The molecule has 1 N–H and O–H groups in total. The predicted octanol–water partition coefficient (Wildman–Crippen LogP) is 6.89. The Kier molecular flexibility index (Phi) is 9.36. The molecular weight excluding hydrogens is 726 g/mol. The fourth-order valence-corrected chi connectivity index (χ4v) is 7.87. The Bertz CT molecular complexity index is 2380. The van der Waals surface area contributed by atoms with Gasteiger partial charge in [0.1, 0.15) is 22.4 Å². The zero-order chi connectivity index (χ0) is 40.6. The summed E-state index contributed by atoms with van der Waals surface area (Å²) >= 11 is 0. The standard InChI is InChI=1S/C41H46F2N6O7/c1-10-54-36(51)25-19-47(8)35-23(34(25)50)13-21(17-45-35)24-18-44-27-14-22-28(48(9)38(53)56-40(5,6)7)15-26(42)32(43)30(22)31(27)33(24)49-12-11-41(20-49)16-29(41)46-37(52)55-39(2,3)4/h13,15,17-19,29H,10-12,14,16,20H2,1-9H3,(H,46,52)/t29-,41?/m0/s1. The molecule has 3 aromatic heterocycles. The molecular formula is C41H46F2N6O7. The van der Waals surface area contributed by atoms with Gasteiger partial charge in [-0.25, -0.2) is 28.1 Å². The summed E-state index contributed by atoms with van der Waals surface area (Å²) in [5, 5.41) is 3.16. The molecule has 13 nitrogen and oxygen atoms in total. The topological polar surface area (TPSA) is 145 Å². The molecule has 296 valence electrons. The van der Waals surface area contributed by atoms with Gasteiger partial charge < -0.3 is 29.0 Å². The van der Waals surface area contributed by atoms with Crippen molar-refractivity contribution in [1.29, 1.82) is 0 Å². The molecule has 2 atom stereocenters. The maximum atomic E-state index is 16.4. The van der Waals surface area contributed by atoms with Gasteiger partial charge in [-0.15, -0.1) is 0 Å². The number of pyridine rings is 3. The predicted molar refractivity (Wildman–Crippen MR) is 206 cm³/mol. The molecule has 2 aliphatic carbocycles. The van der Waals surface area contributed by atoms with Crippen molar-refractivity contribution in [1.82, 2.24) is 19.9 Å². The van der Waals surface area contributed by atoms with Crippen molar-refractivity contribution in [2.24, 2.45) is 12.5 Å². The summed E-state index contributed by atoms with van der Waals surface area (Å²) < 4.78 is 49.9. The van der Waals surface area contributed by atoms with Crippen LogP contribution < -0.4 is 20.5 Å². The number of aryl methyl sites for hydroxylation is 1. The largest absolute Gasteiger partial charge is 0.462 e. The Labute approximate surface area is 322 Å². The molecule has 1 saturated carbocycles. The van der Waals surface area contributed by atoms with Crippen LogP contribution in [0.3, 0.4) is 0 Å². The number of hydrogen-bond acceptors (Lipinski definition) is 10. The van der Waals surface area contributed by atoms with Gasteiger partial charge in [-0.05, 0) is 72.9 Å². The van der Waals surface area contributed by atoms with E-state index in [9.17, 15) is 19.2 Å². The Hall–Kier alpha value is -5.60. The molecule has 1 spiro atoms. The average molecular weight is 773 g/mol. The minimum atomic E-state index is -1.15. The van der Waals surface area contributed by atoms with Gasteiger partial charge in [0.15, 0.2) is 11.6 Å². The number of esters is 1. The van der Waals surface area contributed by atoms with Crippen LogP contribution in [0.5, 0.6) is 0 Å². The van der Waals surface area contributed by atoms with E-state index in [2.05, 4.69) is 15.2 Å². The average Bonchev–Trinajstić information content (AvgIpc) is 3.39. The summed E-state index contributed by atoms with van der Waals surface area (Å²) in [6.45, 7) is 13.2. The number of anilines is 2. The lowest BCUT2D eigenvalue weighted by Crippen LogP contribution is -2.36. The quantitative estimate of drug-likeness (QED) is 0.143. The molecule has 1 unspecified atom stereocenters. The molecule has 7 rings (SSSR count). The lowest BCUT2D eigenvalue weighted by atomic mass is 9.96. The second kappa shape index (κ2) is 13.6. The minimum absolute atomic E-state index is 0.0239. The first-order chi connectivity index (χ1) is 26.2. The fraction of sp³-hybridized carbons (Fsp3) is 0.463. The fourth-order valence-electron chi connectivity index (χ4n) is 7.87. The Morgan fingerprint density at radius 3 is 2.43 bits per heavy atom. The number of nitrogens with one attached hydrogen (secondary N) is 1. The van der Waals surface area contributed by atoms with Gasteiger partial charge in [-0.3, -0.25) is 14.7 Å². The number of carbonyl (C=O) groups excluding carboxylic acids is 3. The molecule has 2 fully saturated rings. The monoisotopic (exact) mass is 772 g/mol. The number of hydrogen-bond donors (Lipinski definition) is 1. The van der Waals surface area contributed by atoms with E-state index in [0.717, 1.165) is 6.07 Å². The van der Waals surface area contributed by atoms with Crippen molar-refractivity contribution in [3.8, 4) is 22.3 Å². The highest BCUT2D eigenvalue weighted by Crippen LogP contribution is 2.57. The molecule has 1 aromatic carbocycles. The Balaban J connectivity index is 1.39. The van der Waals surface area contributed by atoms with Crippen LogP contribution in [0, 0.1) is 17.0 Å². The van der Waals surface area contributed by atoms with Gasteiger partial charge in [-0.1, -0.05) is 0 Å². The molecule has 56 heavy (non-hydrogen) atoms. The van der Waals surface area contributed by atoms with Gasteiger partial charge in [0.05, 0.1) is 29.1 Å². The number of rotatable bonds is 6. The Morgan fingerprint density at radius 1 is 1.04 bits per heavy atom. The SMILES string of the molecule is CCOC(=O)c1cn(C)c2ncc(-c3cnc4c(c3N3CCC5(C[C@@H]5NC(=O)OC(C)(C)C)C3)-c3c(F)c(F)cc(N(C)C(=O)OC(C)(C)C)c3C4)cc2c1=O. The third-order valence-electron chi connectivity index (χ3n) is 10.5. The van der Waals surface area contributed by atoms with E-state index in [4.69, 9.17) is 19.2 Å². The molecule has 4 heterocycles. The van der Waals surface area contributed by atoms with Crippen molar-refractivity contribution >= 4 is 40.6 Å². The summed E-state index contributed by atoms with van der Waals surface area (Å²) in [5.74, 6) is -3.00. The lowest BCUT2D eigenvalue weighted by molar-refractivity contribution is 0.0509. The Morgan fingerprint density at radius 2 is 1.75 bits per heavy atom. The van der Waals surface area contributed by atoms with Crippen molar-refractivity contribution in [2.75, 3.05) is 36.5 Å². The maximum absolute atomic E-state index is 16.4. The van der Waals surface area contributed by atoms with Crippen molar-refractivity contribution in [2.45, 2.75) is 85.0 Å². The normalized spacial score (nSPS) is 18.5. The number of aromatic nitrogens is 3. The minimum Gasteiger partial charge on any atom is -0.462 e. The highest BCUT2D eigenvalue weighted by molar-refractivity contribution is 6.00. The van der Waals surface area contributed by atoms with Crippen LogP contribution in [0.15, 0.2) is 35.5 Å². The first-order valence-corrected chi connectivity index (χ1v) is 18.6. The van der Waals surface area contributed by atoms with Gasteiger partial charge in [-0.2, -0.15) is 0 Å².